The van der Waals surface area contributed by atoms with Crippen molar-refractivity contribution in [2.75, 3.05) is 19.6 Å². The van der Waals surface area contributed by atoms with Crippen molar-refractivity contribution in [1.82, 2.24) is 52.3 Å². The van der Waals surface area contributed by atoms with E-state index in [1.165, 1.54) is 30.6 Å². The number of carbonyl (C=O) groups is 13. The Morgan fingerprint density at radius 3 is 1.54 bits per heavy atom. The molecule has 0 radical (unpaired) electrons. The van der Waals surface area contributed by atoms with E-state index in [1.54, 1.807) is 41.5 Å². The summed E-state index contributed by atoms with van der Waals surface area (Å²) in [7, 11) is 0. The first-order valence-corrected chi connectivity index (χ1v) is 28.6. The van der Waals surface area contributed by atoms with Gasteiger partial charge in [0.05, 0.1) is 24.7 Å². The van der Waals surface area contributed by atoms with Crippen molar-refractivity contribution >= 4 is 82.8 Å². The molecule has 2 rings (SSSR count). The molecule has 2 heterocycles. The Labute approximate surface area is 494 Å². The molecule has 0 unspecified atom stereocenters. The van der Waals surface area contributed by atoms with Gasteiger partial charge in [0.25, 0.3) is 0 Å². The lowest BCUT2D eigenvalue weighted by molar-refractivity contribution is -0.144. The summed E-state index contributed by atoms with van der Waals surface area (Å²) < 4.78 is 0. The second-order valence-electron chi connectivity index (χ2n) is 22.5. The summed E-state index contributed by atoms with van der Waals surface area (Å²) in [6.07, 6.45) is -3.48. The highest BCUT2D eigenvalue weighted by atomic mass is 16.4. The monoisotopic (exact) mass is 1210 g/mol. The second-order valence-corrected chi connectivity index (χ2v) is 22.5. The van der Waals surface area contributed by atoms with Crippen LogP contribution in [0.25, 0.3) is 0 Å². The molecule has 32 nitrogen and oxygen atoms in total. The third-order valence-electron chi connectivity index (χ3n) is 14.6. The van der Waals surface area contributed by atoms with Gasteiger partial charge in [-0.15, -0.1) is 0 Å². The molecule has 2 aliphatic heterocycles. The summed E-state index contributed by atoms with van der Waals surface area (Å²) in [6.45, 7) is 14.0. The molecule has 2 saturated heterocycles. The number of guanidine groups is 1. The molecule has 21 N–H and O–H groups in total. The number of hydrogen-bond acceptors (Lipinski definition) is 17. The van der Waals surface area contributed by atoms with Gasteiger partial charge in [-0.25, -0.2) is 0 Å². The van der Waals surface area contributed by atoms with Gasteiger partial charge in [0.15, 0.2) is 5.96 Å². The number of nitrogens with two attached hydrogens (primary N) is 5. The molecule has 85 heavy (non-hydrogen) atoms. The number of aliphatic hydroxyl groups excluding tert-OH is 2. The smallest absolute Gasteiger partial charge is 0.303 e. The number of aliphatic imine (C=N–C) groups is 1. The zero-order chi connectivity index (χ0) is 64.7. The lowest BCUT2D eigenvalue weighted by Crippen LogP contribution is -2.62. The number of nitrogens with zero attached hydrogens (tertiary/aromatic N) is 3. The molecule has 12 amide bonds. The molecule has 2 aliphatic rings. The van der Waals surface area contributed by atoms with E-state index in [9.17, 15) is 77.6 Å². The summed E-state index contributed by atoms with van der Waals surface area (Å²) in [4.78, 5) is 180. The lowest BCUT2D eigenvalue weighted by Gasteiger charge is -2.33. The van der Waals surface area contributed by atoms with Gasteiger partial charge in [-0.3, -0.25) is 67.3 Å². The lowest BCUT2D eigenvalue weighted by atomic mass is 9.96. The Hall–Kier alpha value is -7.74. The van der Waals surface area contributed by atoms with Crippen LogP contribution >= 0.6 is 0 Å². The van der Waals surface area contributed by atoms with Crippen molar-refractivity contribution in [2.45, 2.75) is 212 Å². The van der Waals surface area contributed by atoms with E-state index in [1.807, 2.05) is 0 Å². The largest absolute Gasteiger partial charge is 0.481 e. The van der Waals surface area contributed by atoms with Crippen LogP contribution in [0.3, 0.4) is 0 Å². The molecule has 2 fully saturated rings. The standard InChI is InChI=1S/C53H92N16O16/c1-10-26(6)39(65-45(78)31(17-18-37(73)74)62-50(83)41(29(9)71)67-48(81)38(55)25(4)5)52(85)69-21-13-16-35(69)47(80)66-40(28(8)70)49(82)60-27(7)43(76)64-33(22-24(2)3)51(84)68-20-12-15-34(68)46(79)61-30(14-11-19-59-53(57)58)44(77)63-32(42(56)75)23-36(54)72/h24-35,38-41,70-71H,10-23,55H2,1-9H3,(H2,54,72)(H2,56,75)(H,60,82)(H,61,79)(H,62,83)(H,63,77)(H,64,76)(H,65,78)(H,66,80)(H,67,81)(H,73,74)(H4,57,58,59)/t26-,27-,28+,29+,30-,31-,32-,33-,34-,35-,38-,39-,40-,41-/m0/s1. The number of aliphatic hydroxyl groups is 2. The van der Waals surface area contributed by atoms with Crippen LogP contribution < -0.4 is 71.2 Å². The molecule has 0 aromatic rings. The molecule has 0 aliphatic carbocycles. The van der Waals surface area contributed by atoms with Gasteiger partial charge in [-0.1, -0.05) is 48.0 Å². The number of amides is 12. The zero-order valence-electron chi connectivity index (χ0n) is 50.0. The Morgan fingerprint density at radius 1 is 0.565 bits per heavy atom. The van der Waals surface area contributed by atoms with Crippen molar-refractivity contribution < 1.29 is 77.6 Å². The number of likely N-dealkylation sites (tertiary alicyclic amines) is 2. The van der Waals surface area contributed by atoms with Crippen LogP contribution in [0.5, 0.6) is 0 Å². The van der Waals surface area contributed by atoms with Crippen molar-refractivity contribution in [1.29, 1.82) is 0 Å². The van der Waals surface area contributed by atoms with Crippen molar-refractivity contribution in [3.05, 3.63) is 0 Å². The van der Waals surface area contributed by atoms with Gasteiger partial charge < -0.3 is 96.3 Å². The van der Waals surface area contributed by atoms with Crippen LogP contribution in [-0.4, -0.2) is 206 Å². The van der Waals surface area contributed by atoms with E-state index in [2.05, 4.69) is 47.5 Å². The number of primary amides is 2. The molecule has 480 valence electrons. The van der Waals surface area contributed by atoms with Crippen molar-refractivity contribution in [3.63, 3.8) is 0 Å². The molecule has 32 heteroatoms. The van der Waals surface area contributed by atoms with Crippen LogP contribution in [0, 0.1) is 17.8 Å². The predicted octanol–water partition coefficient (Wildman–Crippen LogP) is -6.02. The van der Waals surface area contributed by atoms with E-state index in [4.69, 9.17) is 28.7 Å². The van der Waals surface area contributed by atoms with Crippen molar-refractivity contribution in [2.24, 2.45) is 51.4 Å². The fourth-order valence-electron chi connectivity index (χ4n) is 9.43. The third-order valence-corrected chi connectivity index (χ3v) is 14.6. The van der Waals surface area contributed by atoms with E-state index in [-0.39, 0.29) is 76.0 Å². The average Bonchev–Trinajstić information content (AvgIpc) is 4.26. The van der Waals surface area contributed by atoms with Gasteiger partial charge in [0.1, 0.15) is 60.4 Å². The number of aliphatic carboxylic acids is 1. The van der Waals surface area contributed by atoms with E-state index in [0.717, 1.165) is 0 Å². The maximum atomic E-state index is 14.5. The maximum Gasteiger partial charge on any atom is 0.303 e. The fraction of sp³-hybridized carbons (Fsp3) is 0.736. The van der Waals surface area contributed by atoms with Crippen LogP contribution in [0.15, 0.2) is 4.99 Å². The summed E-state index contributed by atoms with van der Waals surface area (Å²) in [5.74, 6) is -13.3. The fourth-order valence-corrected chi connectivity index (χ4v) is 9.43. The molecule has 0 bridgehead atoms. The zero-order valence-corrected chi connectivity index (χ0v) is 50.0. The van der Waals surface area contributed by atoms with Crippen LogP contribution in [0.4, 0.5) is 0 Å². The minimum Gasteiger partial charge on any atom is -0.481 e. The minimum atomic E-state index is -1.71. The normalized spacial score (nSPS) is 19.1. The molecular weight excluding hydrogens is 1120 g/mol. The predicted molar refractivity (Wildman–Crippen MR) is 305 cm³/mol. The Balaban J connectivity index is 2.30. The first-order valence-electron chi connectivity index (χ1n) is 28.6. The van der Waals surface area contributed by atoms with E-state index >= 15 is 0 Å². The SMILES string of the molecule is CC[C@H](C)[C@H](NC(=O)[C@H](CCC(=O)O)NC(=O)[C@@H](NC(=O)[C@@H](N)C(C)C)[C@@H](C)O)C(=O)N1CCC[C@H]1C(=O)N[C@H](C(=O)N[C@@H](C)C(=O)N[C@@H](CC(C)C)C(=O)N1CCC[C@H]1C(=O)N[C@@H](CCCN=C(N)N)C(=O)N[C@@H](CC(N)=O)C(N)=O)[C@@H](C)O. The highest BCUT2D eigenvalue weighted by molar-refractivity contribution is 6.00. The first-order chi connectivity index (χ1) is 39.6. The van der Waals surface area contributed by atoms with Gasteiger partial charge >= 0.3 is 5.97 Å². The van der Waals surface area contributed by atoms with E-state index < -0.39 is 181 Å². The highest BCUT2D eigenvalue weighted by Crippen LogP contribution is 2.24. The Bertz CT molecular complexity index is 2420. The highest BCUT2D eigenvalue weighted by Gasteiger charge is 2.44. The summed E-state index contributed by atoms with van der Waals surface area (Å²) >= 11 is 0. The Morgan fingerprint density at radius 2 is 1.05 bits per heavy atom. The summed E-state index contributed by atoms with van der Waals surface area (Å²) in [5.41, 5.74) is 27.4. The molecule has 0 saturated carbocycles. The molecule has 14 atom stereocenters. The topological polar surface area (TPSA) is 528 Å². The van der Waals surface area contributed by atoms with Gasteiger partial charge in [-0.2, -0.15) is 0 Å². The third kappa shape index (κ3) is 23.3. The maximum absolute atomic E-state index is 14.5. The van der Waals surface area contributed by atoms with Crippen molar-refractivity contribution in [3.8, 4) is 0 Å². The molecule has 0 aromatic carbocycles. The number of hydrogen-bond donors (Lipinski definition) is 16. The van der Waals surface area contributed by atoms with E-state index in [0.29, 0.717) is 12.8 Å². The number of rotatable bonds is 35. The number of carbonyl (C=O) groups excluding carboxylic acids is 12. The van der Waals surface area contributed by atoms with Crippen LogP contribution in [0.2, 0.25) is 0 Å². The van der Waals surface area contributed by atoms with Crippen LogP contribution in [-0.2, 0) is 62.3 Å². The average molecular weight is 1210 g/mol. The molecule has 0 aromatic heterocycles. The second kappa shape index (κ2) is 34.9. The molecule has 0 spiro atoms. The van der Waals surface area contributed by atoms with Crippen LogP contribution in [0.1, 0.15) is 133 Å². The number of carboxylic acid groups (broad SMARTS) is 1. The summed E-state index contributed by atoms with van der Waals surface area (Å²) in [6, 6.07) is -15.2. The van der Waals surface area contributed by atoms with Gasteiger partial charge in [0, 0.05) is 26.1 Å². The Kier molecular flexibility index (Phi) is 30.1. The van der Waals surface area contributed by atoms with Gasteiger partial charge in [-0.05, 0) is 89.9 Å². The minimum absolute atomic E-state index is 0.00694. The summed E-state index contributed by atoms with van der Waals surface area (Å²) in [5, 5.41) is 50.6. The first kappa shape index (κ1) is 73.4. The van der Waals surface area contributed by atoms with Gasteiger partial charge in [0.2, 0.25) is 70.9 Å². The number of carboxylic acids is 1. The molecular formula is C53H92N16O16. The number of nitrogens with one attached hydrogen (secondary N) is 8. The quantitative estimate of drug-likeness (QED) is 0.0160.